The summed E-state index contributed by atoms with van der Waals surface area (Å²) >= 11 is 0. The van der Waals surface area contributed by atoms with Crippen LogP contribution in [-0.4, -0.2) is 25.2 Å². The maximum absolute atomic E-state index is 5.12. The minimum atomic E-state index is 0. The van der Waals surface area contributed by atoms with E-state index in [0.717, 1.165) is 13.2 Å². The van der Waals surface area contributed by atoms with E-state index in [9.17, 15) is 0 Å². The highest BCUT2D eigenvalue weighted by atomic mass is 35.5. The summed E-state index contributed by atoms with van der Waals surface area (Å²) in [5.74, 6) is 2.59. The molecule has 1 aliphatic heterocycles. The van der Waals surface area contributed by atoms with Gasteiger partial charge in [0, 0.05) is 0 Å². The van der Waals surface area contributed by atoms with E-state index >= 15 is 0 Å². The van der Waals surface area contributed by atoms with Crippen LogP contribution in [0.25, 0.3) is 0 Å². The van der Waals surface area contributed by atoms with Crippen molar-refractivity contribution in [1.82, 2.24) is 4.90 Å². The Labute approximate surface area is 67.9 Å². The van der Waals surface area contributed by atoms with Crippen LogP contribution in [0.4, 0.5) is 0 Å². The summed E-state index contributed by atoms with van der Waals surface area (Å²) in [4.78, 5) is 3.49. The highest BCUT2D eigenvalue weighted by Crippen LogP contribution is 1.86. The van der Waals surface area contributed by atoms with Gasteiger partial charge in [-0.15, -0.1) is 6.42 Å². The fourth-order valence-corrected chi connectivity index (χ4v) is 0.884. The molecule has 0 aliphatic carbocycles. The van der Waals surface area contributed by atoms with Gasteiger partial charge in [-0.05, 0) is 0 Å². The van der Waals surface area contributed by atoms with Crippen LogP contribution in [0.15, 0.2) is 12.4 Å². The first-order chi connectivity index (χ1) is 4.33. The van der Waals surface area contributed by atoms with Crippen molar-refractivity contribution in [3.63, 3.8) is 0 Å². The summed E-state index contributed by atoms with van der Waals surface area (Å²) in [5.41, 5.74) is 0. The van der Waals surface area contributed by atoms with E-state index in [2.05, 4.69) is 24.1 Å². The lowest BCUT2D eigenvalue weighted by atomic mass is 10.6. The summed E-state index contributed by atoms with van der Waals surface area (Å²) in [6.07, 6.45) is 9.25. The lowest BCUT2D eigenvalue weighted by Crippen LogP contribution is -3.03. The Morgan fingerprint density at radius 1 is 1.80 bits per heavy atom. The monoisotopic (exact) mass is 158 g/mol. The average molecular weight is 159 g/mol. The lowest BCUT2D eigenvalue weighted by Gasteiger charge is -2.09. The number of rotatable bonds is 1. The zero-order chi connectivity index (χ0) is 6.69. The van der Waals surface area contributed by atoms with Gasteiger partial charge in [0.15, 0.2) is 6.67 Å². The summed E-state index contributed by atoms with van der Waals surface area (Å²) in [7, 11) is 2.10. The highest BCUT2D eigenvalue weighted by Gasteiger charge is 2.09. The van der Waals surface area contributed by atoms with E-state index in [0.29, 0.717) is 0 Å². The standard InChI is InChI=1S/C7H10N2.ClH/c1-3-4-9-6-5-8(2)7-9;/h1,5-6H,4,7H2,2H3;1H. The molecule has 1 rings (SSSR count). The molecule has 0 fully saturated rings. The zero-order valence-electron chi connectivity index (χ0n) is 5.97. The SMILES string of the molecule is C#CCN1C=C[NH+](C)C1.[Cl-]. The van der Waals surface area contributed by atoms with Crippen LogP contribution in [0.1, 0.15) is 0 Å². The first kappa shape index (κ1) is 9.35. The molecule has 2 nitrogen and oxygen atoms in total. The molecule has 0 aromatic carbocycles. The second kappa shape index (κ2) is 4.21. The van der Waals surface area contributed by atoms with Crippen molar-refractivity contribution in [2.75, 3.05) is 20.3 Å². The third-order valence-electron chi connectivity index (χ3n) is 1.32. The molecule has 3 heteroatoms. The van der Waals surface area contributed by atoms with Gasteiger partial charge in [0.1, 0.15) is 6.20 Å². The molecule has 0 bridgehead atoms. The van der Waals surface area contributed by atoms with Gasteiger partial charge in [-0.3, -0.25) is 4.90 Å². The van der Waals surface area contributed by atoms with Gasteiger partial charge < -0.3 is 17.3 Å². The molecule has 0 saturated carbocycles. The Morgan fingerprint density at radius 2 is 2.50 bits per heavy atom. The Balaban J connectivity index is 0.000000810. The van der Waals surface area contributed by atoms with Crippen molar-refractivity contribution < 1.29 is 17.3 Å². The van der Waals surface area contributed by atoms with Crippen LogP contribution in [0.2, 0.25) is 0 Å². The third kappa shape index (κ3) is 2.30. The summed E-state index contributed by atoms with van der Waals surface area (Å²) in [6.45, 7) is 1.73. The molecule has 1 unspecified atom stereocenters. The maximum atomic E-state index is 5.12. The normalized spacial score (nSPS) is 22.0. The third-order valence-corrected chi connectivity index (χ3v) is 1.32. The van der Waals surface area contributed by atoms with Gasteiger partial charge in [0.05, 0.1) is 19.8 Å². The van der Waals surface area contributed by atoms with Gasteiger partial charge in [0.2, 0.25) is 0 Å². The molecule has 0 amide bonds. The van der Waals surface area contributed by atoms with Gasteiger partial charge >= 0.3 is 0 Å². The topological polar surface area (TPSA) is 7.68 Å². The first-order valence-corrected chi connectivity index (χ1v) is 3.01. The average Bonchev–Trinajstić information content (AvgIpc) is 2.17. The second-order valence-corrected chi connectivity index (χ2v) is 2.27. The largest absolute Gasteiger partial charge is 1.00 e. The highest BCUT2D eigenvalue weighted by molar-refractivity contribution is 4.92. The lowest BCUT2D eigenvalue weighted by molar-refractivity contribution is -0.826. The van der Waals surface area contributed by atoms with Crippen LogP contribution in [-0.2, 0) is 0 Å². The van der Waals surface area contributed by atoms with E-state index in [1.165, 1.54) is 4.90 Å². The van der Waals surface area contributed by atoms with Gasteiger partial charge in [-0.1, -0.05) is 5.92 Å². The number of hydrogen-bond donors (Lipinski definition) is 1. The zero-order valence-corrected chi connectivity index (χ0v) is 6.73. The number of halogens is 1. The van der Waals surface area contributed by atoms with Crippen LogP contribution >= 0.6 is 0 Å². The van der Waals surface area contributed by atoms with Crippen molar-refractivity contribution >= 4 is 0 Å². The van der Waals surface area contributed by atoms with Crippen LogP contribution in [0.5, 0.6) is 0 Å². The molecule has 1 atom stereocenters. The Morgan fingerprint density at radius 3 is 2.90 bits per heavy atom. The Bertz CT molecular complexity index is 159. The predicted molar refractivity (Wildman–Crippen MR) is 36.4 cm³/mol. The predicted octanol–water partition coefficient (Wildman–Crippen LogP) is -4.12. The molecule has 0 saturated heterocycles. The molecule has 1 aliphatic rings. The molecule has 1 N–H and O–H groups in total. The van der Waals surface area contributed by atoms with E-state index in [1.807, 2.05) is 6.20 Å². The van der Waals surface area contributed by atoms with Crippen LogP contribution < -0.4 is 17.3 Å². The summed E-state index contributed by atoms with van der Waals surface area (Å²) in [6, 6.07) is 0. The molecule has 0 aromatic rings. The summed E-state index contributed by atoms with van der Waals surface area (Å²) in [5, 5.41) is 0. The Hall–Kier alpha value is -0.650. The molecule has 0 aromatic heterocycles. The fraction of sp³-hybridized carbons (Fsp3) is 0.429. The second-order valence-electron chi connectivity index (χ2n) is 2.27. The van der Waals surface area contributed by atoms with E-state index in [4.69, 9.17) is 6.42 Å². The number of hydrogen-bond acceptors (Lipinski definition) is 1. The molecule has 1 heterocycles. The number of terminal acetylenes is 1. The van der Waals surface area contributed by atoms with Crippen molar-refractivity contribution in [3.8, 4) is 12.3 Å². The van der Waals surface area contributed by atoms with E-state index < -0.39 is 0 Å². The van der Waals surface area contributed by atoms with Gasteiger partial charge in [-0.2, -0.15) is 0 Å². The first-order valence-electron chi connectivity index (χ1n) is 3.01. The fourth-order valence-electron chi connectivity index (χ4n) is 0.884. The minimum absolute atomic E-state index is 0. The van der Waals surface area contributed by atoms with Crippen molar-refractivity contribution in [1.29, 1.82) is 0 Å². The van der Waals surface area contributed by atoms with Crippen molar-refractivity contribution in [3.05, 3.63) is 12.4 Å². The van der Waals surface area contributed by atoms with Gasteiger partial charge in [0.25, 0.3) is 0 Å². The smallest absolute Gasteiger partial charge is 0.157 e. The molecule has 56 valence electrons. The van der Waals surface area contributed by atoms with Crippen LogP contribution in [0, 0.1) is 12.3 Å². The number of quaternary nitrogens is 1. The van der Waals surface area contributed by atoms with Crippen molar-refractivity contribution in [2.24, 2.45) is 0 Å². The number of nitrogens with zero attached hydrogens (tertiary/aromatic N) is 1. The molecular weight excluding hydrogens is 148 g/mol. The van der Waals surface area contributed by atoms with Crippen LogP contribution in [0.3, 0.4) is 0 Å². The molecular formula is C7H11ClN2. The molecule has 0 spiro atoms. The maximum Gasteiger partial charge on any atom is 0.157 e. The number of nitrogens with one attached hydrogen (secondary N) is 1. The van der Waals surface area contributed by atoms with E-state index in [-0.39, 0.29) is 12.4 Å². The quantitative estimate of drug-likeness (QED) is 0.381. The minimum Gasteiger partial charge on any atom is -1.00 e. The van der Waals surface area contributed by atoms with E-state index in [1.54, 1.807) is 0 Å². The van der Waals surface area contributed by atoms with Gasteiger partial charge in [-0.25, -0.2) is 0 Å². The van der Waals surface area contributed by atoms with Crippen molar-refractivity contribution in [2.45, 2.75) is 0 Å². The molecule has 0 radical (unpaired) electrons. The Kier molecular flexibility index (Phi) is 3.94. The molecule has 10 heavy (non-hydrogen) atoms. The summed E-state index contributed by atoms with van der Waals surface area (Å²) < 4.78 is 0.